The summed E-state index contributed by atoms with van der Waals surface area (Å²) in [6.07, 6.45) is 1.08. The van der Waals surface area contributed by atoms with E-state index in [0.717, 1.165) is 18.5 Å². The van der Waals surface area contributed by atoms with Gasteiger partial charge in [0.25, 0.3) is 0 Å². The molecule has 1 aromatic carbocycles. The molecule has 0 spiro atoms. The van der Waals surface area contributed by atoms with Crippen LogP contribution in [0.4, 0.5) is 0 Å². The summed E-state index contributed by atoms with van der Waals surface area (Å²) in [5.74, 6) is -0.134. The van der Waals surface area contributed by atoms with Gasteiger partial charge >= 0.3 is 5.97 Å². The molecule has 0 saturated heterocycles. The fourth-order valence-electron chi connectivity index (χ4n) is 2.19. The second-order valence-electron chi connectivity index (χ2n) is 5.92. The van der Waals surface area contributed by atoms with E-state index in [0.29, 0.717) is 12.5 Å². The molecule has 0 heterocycles. The van der Waals surface area contributed by atoms with Gasteiger partial charge in [-0.2, -0.15) is 0 Å². The zero-order chi connectivity index (χ0) is 14.5. The standard InChI is InChI=1S/C16H25NO2/c1-13(2)10-11-17(4)12-16(3,15(18)19)14-8-6-5-7-9-14/h5-9,13H,10-12H2,1-4H3,(H,18,19). The molecule has 1 atom stereocenters. The molecule has 106 valence electrons. The van der Waals surface area contributed by atoms with E-state index >= 15 is 0 Å². The summed E-state index contributed by atoms with van der Waals surface area (Å²) in [5, 5.41) is 9.59. The quantitative estimate of drug-likeness (QED) is 0.822. The van der Waals surface area contributed by atoms with E-state index in [1.165, 1.54) is 0 Å². The largest absolute Gasteiger partial charge is 0.481 e. The van der Waals surface area contributed by atoms with Crippen LogP contribution >= 0.6 is 0 Å². The number of aliphatic carboxylic acids is 1. The Hall–Kier alpha value is -1.35. The van der Waals surface area contributed by atoms with Gasteiger partial charge in [0.15, 0.2) is 0 Å². The Morgan fingerprint density at radius 3 is 2.37 bits per heavy atom. The summed E-state index contributed by atoms with van der Waals surface area (Å²) in [6, 6.07) is 9.48. The SMILES string of the molecule is CC(C)CCN(C)CC(C)(C(=O)O)c1ccccc1. The second kappa shape index (κ2) is 6.71. The van der Waals surface area contributed by atoms with E-state index in [4.69, 9.17) is 0 Å². The minimum absolute atomic E-state index is 0.527. The van der Waals surface area contributed by atoms with Crippen LogP contribution in [-0.2, 0) is 10.2 Å². The van der Waals surface area contributed by atoms with Crippen LogP contribution in [0.1, 0.15) is 32.8 Å². The highest BCUT2D eigenvalue weighted by atomic mass is 16.4. The predicted octanol–water partition coefficient (Wildman–Crippen LogP) is 3.01. The van der Waals surface area contributed by atoms with E-state index in [9.17, 15) is 9.90 Å². The van der Waals surface area contributed by atoms with Gasteiger partial charge in [0.1, 0.15) is 5.41 Å². The van der Waals surface area contributed by atoms with E-state index in [2.05, 4.69) is 18.7 Å². The van der Waals surface area contributed by atoms with Crippen molar-refractivity contribution in [3.05, 3.63) is 35.9 Å². The van der Waals surface area contributed by atoms with Gasteiger partial charge in [-0.05, 0) is 38.4 Å². The molecule has 1 rings (SSSR count). The predicted molar refractivity (Wildman–Crippen MR) is 78.4 cm³/mol. The molecule has 0 aliphatic carbocycles. The number of carbonyl (C=O) groups is 1. The molecule has 0 aliphatic heterocycles. The number of carboxylic acids is 1. The van der Waals surface area contributed by atoms with Crippen LogP contribution in [0.15, 0.2) is 30.3 Å². The van der Waals surface area contributed by atoms with Gasteiger partial charge in [-0.3, -0.25) is 4.79 Å². The number of rotatable bonds is 7. The van der Waals surface area contributed by atoms with Crippen LogP contribution in [0.2, 0.25) is 0 Å². The van der Waals surface area contributed by atoms with Crippen molar-refractivity contribution in [2.75, 3.05) is 20.1 Å². The van der Waals surface area contributed by atoms with Crippen molar-refractivity contribution in [3.63, 3.8) is 0 Å². The third-order valence-corrected chi connectivity index (χ3v) is 3.56. The minimum Gasteiger partial charge on any atom is -0.481 e. The van der Waals surface area contributed by atoms with Gasteiger partial charge < -0.3 is 10.0 Å². The van der Waals surface area contributed by atoms with Crippen LogP contribution in [0.5, 0.6) is 0 Å². The zero-order valence-electron chi connectivity index (χ0n) is 12.4. The molecule has 0 saturated carbocycles. The average molecular weight is 263 g/mol. The third-order valence-electron chi connectivity index (χ3n) is 3.56. The maximum Gasteiger partial charge on any atom is 0.315 e. The molecule has 1 unspecified atom stereocenters. The molecule has 0 aromatic heterocycles. The fraction of sp³-hybridized carbons (Fsp3) is 0.562. The highest BCUT2D eigenvalue weighted by molar-refractivity contribution is 5.81. The monoisotopic (exact) mass is 263 g/mol. The third kappa shape index (κ3) is 4.35. The number of benzene rings is 1. The maximum absolute atomic E-state index is 11.7. The first-order chi connectivity index (χ1) is 8.86. The van der Waals surface area contributed by atoms with Crippen LogP contribution < -0.4 is 0 Å². The maximum atomic E-state index is 11.7. The Bertz CT molecular complexity index is 402. The lowest BCUT2D eigenvalue weighted by atomic mass is 9.82. The van der Waals surface area contributed by atoms with Crippen LogP contribution in [0.25, 0.3) is 0 Å². The van der Waals surface area contributed by atoms with Gasteiger partial charge in [-0.1, -0.05) is 44.2 Å². The van der Waals surface area contributed by atoms with Gasteiger partial charge in [0.2, 0.25) is 0 Å². The highest BCUT2D eigenvalue weighted by Gasteiger charge is 2.36. The summed E-state index contributed by atoms with van der Waals surface area (Å²) in [4.78, 5) is 13.8. The Morgan fingerprint density at radius 2 is 1.89 bits per heavy atom. The van der Waals surface area contributed by atoms with Gasteiger partial charge in [0.05, 0.1) is 0 Å². The Kier molecular flexibility index (Phi) is 5.55. The molecule has 0 radical (unpaired) electrons. The van der Waals surface area contributed by atoms with Crippen LogP contribution in [-0.4, -0.2) is 36.1 Å². The lowest BCUT2D eigenvalue weighted by molar-refractivity contribution is -0.143. The number of nitrogens with zero attached hydrogens (tertiary/aromatic N) is 1. The molecule has 0 amide bonds. The first-order valence-electron chi connectivity index (χ1n) is 6.83. The van der Waals surface area contributed by atoms with Crippen LogP contribution in [0.3, 0.4) is 0 Å². The molecule has 0 bridgehead atoms. The van der Waals surface area contributed by atoms with Gasteiger partial charge in [0, 0.05) is 6.54 Å². The summed E-state index contributed by atoms with van der Waals surface area (Å²) in [5.41, 5.74) is 0.00591. The summed E-state index contributed by atoms with van der Waals surface area (Å²) in [7, 11) is 1.99. The fourth-order valence-corrected chi connectivity index (χ4v) is 2.19. The van der Waals surface area contributed by atoms with Crippen molar-refractivity contribution in [2.24, 2.45) is 5.92 Å². The number of hydrogen-bond donors (Lipinski definition) is 1. The average Bonchev–Trinajstić information content (AvgIpc) is 2.37. The van der Waals surface area contributed by atoms with Crippen molar-refractivity contribution < 1.29 is 9.90 Å². The lowest BCUT2D eigenvalue weighted by Crippen LogP contribution is -2.43. The van der Waals surface area contributed by atoms with E-state index in [-0.39, 0.29) is 0 Å². The van der Waals surface area contributed by atoms with Crippen molar-refractivity contribution in [1.29, 1.82) is 0 Å². The molecular formula is C16H25NO2. The number of carboxylic acid groups (broad SMARTS) is 1. The van der Waals surface area contributed by atoms with E-state index < -0.39 is 11.4 Å². The van der Waals surface area contributed by atoms with E-state index in [1.807, 2.05) is 37.4 Å². The summed E-state index contributed by atoms with van der Waals surface area (Å²) in [6.45, 7) is 7.62. The normalized spacial score (nSPS) is 14.6. The van der Waals surface area contributed by atoms with Crippen molar-refractivity contribution in [3.8, 4) is 0 Å². The highest BCUT2D eigenvalue weighted by Crippen LogP contribution is 2.25. The molecule has 1 N–H and O–H groups in total. The molecule has 0 fully saturated rings. The summed E-state index contributed by atoms with van der Waals surface area (Å²) < 4.78 is 0. The van der Waals surface area contributed by atoms with Crippen molar-refractivity contribution in [2.45, 2.75) is 32.6 Å². The minimum atomic E-state index is -0.854. The van der Waals surface area contributed by atoms with Gasteiger partial charge in [-0.15, -0.1) is 0 Å². The molecule has 1 aromatic rings. The van der Waals surface area contributed by atoms with Crippen molar-refractivity contribution >= 4 is 5.97 Å². The molecule has 3 nitrogen and oxygen atoms in total. The van der Waals surface area contributed by atoms with Crippen LogP contribution in [0, 0.1) is 5.92 Å². The summed E-state index contributed by atoms with van der Waals surface area (Å²) >= 11 is 0. The Morgan fingerprint density at radius 1 is 1.32 bits per heavy atom. The van der Waals surface area contributed by atoms with Crippen molar-refractivity contribution in [1.82, 2.24) is 4.90 Å². The molecular weight excluding hydrogens is 238 g/mol. The molecule has 19 heavy (non-hydrogen) atoms. The van der Waals surface area contributed by atoms with Gasteiger partial charge in [-0.25, -0.2) is 0 Å². The lowest BCUT2D eigenvalue weighted by Gasteiger charge is -2.31. The first-order valence-corrected chi connectivity index (χ1v) is 6.83. The molecule has 3 heteroatoms. The Balaban J connectivity index is 2.81. The number of likely N-dealkylation sites (N-methyl/N-ethyl adjacent to an activating group) is 1. The topological polar surface area (TPSA) is 40.5 Å². The zero-order valence-corrected chi connectivity index (χ0v) is 12.4. The second-order valence-corrected chi connectivity index (χ2v) is 5.92. The number of hydrogen-bond acceptors (Lipinski definition) is 2. The Labute approximate surface area is 116 Å². The smallest absolute Gasteiger partial charge is 0.315 e. The molecule has 0 aliphatic rings. The van der Waals surface area contributed by atoms with E-state index in [1.54, 1.807) is 6.92 Å². The first kappa shape index (κ1) is 15.7.